The summed E-state index contributed by atoms with van der Waals surface area (Å²) in [7, 11) is 3.81. The lowest BCUT2D eigenvalue weighted by Crippen LogP contribution is -2.22. The van der Waals surface area contributed by atoms with Gasteiger partial charge < -0.3 is 14.5 Å². The van der Waals surface area contributed by atoms with Crippen LogP contribution in [0.5, 0.6) is 0 Å². The van der Waals surface area contributed by atoms with E-state index in [0.717, 1.165) is 35.5 Å². The molecule has 2 aromatic rings. The number of halogens is 1. The molecule has 1 heterocycles. The van der Waals surface area contributed by atoms with Crippen LogP contribution in [0.2, 0.25) is 5.02 Å². The molecule has 1 aliphatic rings. The van der Waals surface area contributed by atoms with Crippen molar-refractivity contribution < 1.29 is 9.53 Å². The zero-order valence-electron chi connectivity index (χ0n) is 16.0. The maximum atomic E-state index is 12.4. The van der Waals surface area contributed by atoms with Gasteiger partial charge in [0, 0.05) is 44.0 Å². The Bertz CT molecular complexity index is 844. The van der Waals surface area contributed by atoms with E-state index < -0.39 is 6.10 Å². The van der Waals surface area contributed by atoms with Crippen LogP contribution in [0.4, 0.5) is 11.4 Å². The maximum absolute atomic E-state index is 12.4. The molecule has 0 aliphatic carbocycles. The summed E-state index contributed by atoms with van der Waals surface area (Å²) >= 11 is 6.43. The Morgan fingerprint density at radius 2 is 1.77 bits per heavy atom. The number of ether oxygens (including phenoxy) is 1. The topological polar surface area (TPSA) is 32.8 Å². The summed E-state index contributed by atoms with van der Waals surface area (Å²) in [5.41, 5.74) is 5.53. The van der Waals surface area contributed by atoms with E-state index in [-0.39, 0.29) is 5.97 Å². The number of benzene rings is 2. The summed E-state index contributed by atoms with van der Waals surface area (Å²) in [4.78, 5) is 16.6. The van der Waals surface area contributed by atoms with Crippen molar-refractivity contribution in [2.75, 3.05) is 37.0 Å². The second-order valence-electron chi connectivity index (χ2n) is 6.78. The number of aryl methyl sites for hydroxylation is 1. The van der Waals surface area contributed by atoms with E-state index in [1.54, 1.807) is 0 Å². The average molecular weight is 373 g/mol. The first-order valence-corrected chi connectivity index (χ1v) is 9.32. The standard InChI is InChI=1S/C21H25ClN2O2/c1-6-24(7-2)14-8-9-15(13(3)10-14)20-16-11-18(22)19(23(4)5)12-17(16)21(25)26-20/h8-12,20H,6-7H2,1-5H3. The number of anilines is 2. The van der Waals surface area contributed by atoms with Gasteiger partial charge >= 0.3 is 5.97 Å². The number of cyclic esters (lactones) is 1. The van der Waals surface area contributed by atoms with Crippen LogP contribution in [0.25, 0.3) is 0 Å². The summed E-state index contributed by atoms with van der Waals surface area (Å²) in [6.07, 6.45) is -0.406. The molecule has 0 spiro atoms. The number of carbonyl (C=O) groups is 1. The summed E-state index contributed by atoms with van der Waals surface area (Å²) < 4.78 is 5.71. The zero-order chi connectivity index (χ0) is 19.0. The van der Waals surface area contributed by atoms with Gasteiger partial charge in [0.15, 0.2) is 6.10 Å². The molecule has 3 rings (SSSR count). The highest BCUT2D eigenvalue weighted by molar-refractivity contribution is 6.33. The second kappa shape index (κ2) is 7.20. The maximum Gasteiger partial charge on any atom is 0.339 e. The second-order valence-corrected chi connectivity index (χ2v) is 7.19. The van der Waals surface area contributed by atoms with Gasteiger partial charge in [0.05, 0.1) is 16.3 Å². The third kappa shape index (κ3) is 3.14. The Morgan fingerprint density at radius 1 is 1.08 bits per heavy atom. The third-order valence-electron chi connectivity index (χ3n) is 4.99. The zero-order valence-corrected chi connectivity index (χ0v) is 16.7. The van der Waals surface area contributed by atoms with E-state index in [9.17, 15) is 4.79 Å². The molecular formula is C21H25ClN2O2. The van der Waals surface area contributed by atoms with E-state index in [4.69, 9.17) is 16.3 Å². The number of hydrogen-bond donors (Lipinski definition) is 0. The van der Waals surface area contributed by atoms with Gasteiger partial charge in [0.1, 0.15) is 0 Å². The van der Waals surface area contributed by atoms with Crippen molar-refractivity contribution >= 4 is 28.9 Å². The lowest BCUT2D eigenvalue weighted by atomic mass is 9.95. The number of nitrogens with zero attached hydrogens (tertiary/aromatic N) is 2. The van der Waals surface area contributed by atoms with Gasteiger partial charge in [-0.1, -0.05) is 17.7 Å². The lowest BCUT2D eigenvalue weighted by Gasteiger charge is -2.23. The minimum absolute atomic E-state index is 0.294. The monoisotopic (exact) mass is 372 g/mol. The van der Waals surface area contributed by atoms with Gasteiger partial charge in [0.25, 0.3) is 0 Å². The molecule has 4 nitrogen and oxygen atoms in total. The minimum Gasteiger partial charge on any atom is -0.449 e. The van der Waals surface area contributed by atoms with E-state index in [2.05, 4.69) is 43.9 Å². The molecule has 1 unspecified atom stereocenters. The molecule has 2 aromatic carbocycles. The quantitative estimate of drug-likeness (QED) is 0.704. The first kappa shape index (κ1) is 18.6. The summed E-state index contributed by atoms with van der Waals surface area (Å²) in [5, 5.41) is 0.620. The van der Waals surface area contributed by atoms with Crippen LogP contribution in [0, 0.1) is 6.92 Å². The number of rotatable bonds is 5. The molecule has 0 radical (unpaired) electrons. The highest BCUT2D eigenvalue weighted by Crippen LogP contribution is 2.42. The third-order valence-corrected chi connectivity index (χ3v) is 5.30. The van der Waals surface area contributed by atoms with Crippen LogP contribution in [0.1, 0.15) is 47.0 Å². The lowest BCUT2D eigenvalue weighted by molar-refractivity contribution is 0.0455. The molecule has 26 heavy (non-hydrogen) atoms. The fraction of sp³-hybridized carbons (Fsp3) is 0.381. The van der Waals surface area contributed by atoms with Gasteiger partial charge in [-0.25, -0.2) is 4.79 Å². The van der Waals surface area contributed by atoms with Gasteiger partial charge in [-0.2, -0.15) is 0 Å². The van der Waals surface area contributed by atoms with Gasteiger partial charge in [-0.15, -0.1) is 0 Å². The predicted molar refractivity (Wildman–Crippen MR) is 108 cm³/mol. The van der Waals surface area contributed by atoms with Crippen molar-refractivity contribution in [3.63, 3.8) is 0 Å². The molecule has 0 aromatic heterocycles. The van der Waals surface area contributed by atoms with E-state index in [1.165, 1.54) is 5.69 Å². The van der Waals surface area contributed by atoms with Crippen molar-refractivity contribution in [1.82, 2.24) is 0 Å². The summed E-state index contributed by atoms with van der Waals surface area (Å²) in [6.45, 7) is 8.26. The Kier molecular flexibility index (Phi) is 5.15. The molecule has 5 heteroatoms. The SMILES string of the molecule is CCN(CC)c1ccc(C2OC(=O)c3cc(N(C)C)c(Cl)cc32)c(C)c1. The van der Waals surface area contributed by atoms with Crippen molar-refractivity contribution in [2.45, 2.75) is 26.9 Å². The normalized spacial score (nSPS) is 15.6. The smallest absolute Gasteiger partial charge is 0.339 e. The molecule has 0 N–H and O–H groups in total. The molecule has 0 fully saturated rings. The average Bonchev–Trinajstić information content (AvgIpc) is 2.91. The number of fused-ring (bicyclic) bond motifs is 1. The molecule has 0 amide bonds. The first-order valence-electron chi connectivity index (χ1n) is 8.94. The summed E-state index contributed by atoms with van der Waals surface area (Å²) in [6, 6.07) is 9.99. The van der Waals surface area contributed by atoms with Gasteiger partial charge in [-0.05, 0) is 50.6 Å². The van der Waals surface area contributed by atoms with Gasteiger partial charge in [-0.3, -0.25) is 0 Å². The van der Waals surface area contributed by atoms with Crippen LogP contribution in [0.15, 0.2) is 30.3 Å². The minimum atomic E-state index is -0.406. The van der Waals surface area contributed by atoms with Gasteiger partial charge in [0.2, 0.25) is 0 Å². The highest BCUT2D eigenvalue weighted by atomic mass is 35.5. The Hall–Kier alpha value is -2.20. The molecular weight excluding hydrogens is 348 g/mol. The predicted octanol–water partition coefficient (Wildman–Crippen LogP) is 4.82. The molecule has 0 bridgehead atoms. The van der Waals surface area contributed by atoms with Crippen molar-refractivity contribution in [1.29, 1.82) is 0 Å². The van der Waals surface area contributed by atoms with Crippen molar-refractivity contribution in [3.05, 3.63) is 57.6 Å². The van der Waals surface area contributed by atoms with E-state index in [0.29, 0.717) is 10.6 Å². The molecule has 1 atom stereocenters. The highest BCUT2D eigenvalue weighted by Gasteiger charge is 2.34. The Morgan fingerprint density at radius 3 is 2.35 bits per heavy atom. The van der Waals surface area contributed by atoms with Crippen LogP contribution >= 0.6 is 11.6 Å². The van der Waals surface area contributed by atoms with Crippen LogP contribution in [0.3, 0.4) is 0 Å². The van der Waals surface area contributed by atoms with Crippen molar-refractivity contribution in [2.24, 2.45) is 0 Å². The van der Waals surface area contributed by atoms with Crippen LogP contribution in [-0.2, 0) is 4.74 Å². The Balaban J connectivity index is 2.03. The molecule has 0 saturated heterocycles. The fourth-order valence-corrected chi connectivity index (χ4v) is 3.86. The first-order chi connectivity index (χ1) is 12.4. The van der Waals surface area contributed by atoms with Crippen molar-refractivity contribution in [3.8, 4) is 0 Å². The Labute approximate surface area is 160 Å². The number of hydrogen-bond acceptors (Lipinski definition) is 4. The van der Waals surface area contributed by atoms with E-state index >= 15 is 0 Å². The van der Waals surface area contributed by atoms with Crippen LogP contribution < -0.4 is 9.80 Å². The fourth-order valence-electron chi connectivity index (χ4n) is 3.52. The molecule has 0 saturated carbocycles. The van der Waals surface area contributed by atoms with E-state index in [1.807, 2.05) is 31.1 Å². The molecule has 138 valence electrons. The summed E-state index contributed by atoms with van der Waals surface area (Å²) in [5.74, 6) is -0.294. The number of esters is 1. The molecule has 1 aliphatic heterocycles. The number of carbonyl (C=O) groups excluding carboxylic acids is 1. The van der Waals surface area contributed by atoms with Crippen LogP contribution in [-0.4, -0.2) is 33.2 Å². The largest absolute Gasteiger partial charge is 0.449 e.